The molecule has 2 aromatic rings. The Kier molecular flexibility index (Phi) is 6.96. The molecule has 1 aromatic heterocycles. The molecule has 0 aliphatic carbocycles. The first-order valence-corrected chi connectivity index (χ1v) is 8.23. The van der Waals surface area contributed by atoms with Crippen molar-refractivity contribution in [3.63, 3.8) is 0 Å². The molecule has 0 aliphatic heterocycles. The van der Waals surface area contributed by atoms with Gasteiger partial charge in [-0.1, -0.05) is 24.3 Å². The van der Waals surface area contributed by atoms with Crippen molar-refractivity contribution in [3.05, 3.63) is 59.5 Å². The average Bonchev–Trinajstić information content (AvgIpc) is 3.16. The number of aryl methyl sites for hydroxylation is 1. The molecule has 0 atom stereocenters. The number of ether oxygens (including phenoxy) is 1. The summed E-state index contributed by atoms with van der Waals surface area (Å²) in [5.41, 5.74) is 2.13. The van der Waals surface area contributed by atoms with Crippen molar-refractivity contribution >= 4 is 17.8 Å². The van der Waals surface area contributed by atoms with Crippen LogP contribution in [-0.2, 0) is 20.9 Å². The number of amides is 2. The molecule has 0 saturated heterocycles. The van der Waals surface area contributed by atoms with E-state index in [9.17, 15) is 14.4 Å². The lowest BCUT2D eigenvalue weighted by Gasteiger charge is -2.18. The van der Waals surface area contributed by atoms with E-state index in [0.29, 0.717) is 6.54 Å². The highest BCUT2D eigenvalue weighted by atomic mass is 16.5. The topological polar surface area (TPSA) is 88.9 Å². The Bertz CT molecular complexity index is 755. The van der Waals surface area contributed by atoms with Crippen LogP contribution in [0.1, 0.15) is 28.1 Å². The lowest BCUT2D eigenvalue weighted by atomic mass is 10.1. The third kappa shape index (κ3) is 5.77. The molecule has 0 spiro atoms. The van der Waals surface area contributed by atoms with Crippen molar-refractivity contribution in [1.29, 1.82) is 0 Å². The van der Waals surface area contributed by atoms with Crippen LogP contribution in [0.5, 0.6) is 0 Å². The van der Waals surface area contributed by atoms with Crippen molar-refractivity contribution in [3.8, 4) is 0 Å². The maximum atomic E-state index is 12.1. The number of carbonyl (C=O) groups excluding carboxylic acids is 3. The molecule has 138 valence electrons. The van der Waals surface area contributed by atoms with Gasteiger partial charge in [-0.2, -0.15) is 0 Å². The number of likely N-dealkylation sites (N-methyl/N-ethyl adjacent to an activating group) is 1. The molecule has 0 fully saturated rings. The highest BCUT2D eigenvalue weighted by Crippen LogP contribution is 2.09. The smallest absolute Gasteiger partial charge is 0.308 e. The Hall–Kier alpha value is -3.09. The summed E-state index contributed by atoms with van der Waals surface area (Å²) in [6.45, 7) is 2.20. The molecule has 0 unspecified atom stereocenters. The normalized spacial score (nSPS) is 10.2. The van der Waals surface area contributed by atoms with E-state index in [1.165, 1.54) is 17.2 Å². The number of carbonyl (C=O) groups is 3. The molecular formula is C19H22N2O5. The van der Waals surface area contributed by atoms with Gasteiger partial charge in [0.2, 0.25) is 0 Å². The van der Waals surface area contributed by atoms with Gasteiger partial charge in [-0.25, -0.2) is 0 Å². The van der Waals surface area contributed by atoms with Gasteiger partial charge in [-0.3, -0.25) is 14.4 Å². The van der Waals surface area contributed by atoms with Crippen LogP contribution in [0.4, 0.5) is 0 Å². The third-order valence-electron chi connectivity index (χ3n) is 3.81. The minimum Gasteiger partial charge on any atom is -0.459 e. The Labute approximate surface area is 151 Å². The first-order valence-electron chi connectivity index (χ1n) is 8.23. The Morgan fingerprint density at radius 3 is 2.62 bits per heavy atom. The maximum absolute atomic E-state index is 12.1. The minimum atomic E-state index is -0.553. The number of hydrogen-bond donors (Lipinski definition) is 1. The van der Waals surface area contributed by atoms with E-state index in [4.69, 9.17) is 9.15 Å². The second-order valence-electron chi connectivity index (χ2n) is 5.82. The fourth-order valence-electron chi connectivity index (χ4n) is 2.23. The summed E-state index contributed by atoms with van der Waals surface area (Å²) in [7, 11) is 1.66. The predicted molar refractivity (Wildman–Crippen MR) is 94.3 cm³/mol. The number of nitrogens with one attached hydrogen (secondary N) is 1. The Morgan fingerprint density at radius 1 is 1.15 bits per heavy atom. The van der Waals surface area contributed by atoms with E-state index in [0.717, 1.165) is 11.1 Å². The fourth-order valence-corrected chi connectivity index (χ4v) is 2.23. The van der Waals surface area contributed by atoms with E-state index >= 15 is 0 Å². The first kappa shape index (κ1) is 19.2. The zero-order valence-corrected chi connectivity index (χ0v) is 14.9. The Balaban J connectivity index is 1.67. The SMILES string of the molecule is Cc1ccccc1CN(C)C(=O)COC(=O)CCNC(=O)c1ccco1. The molecule has 1 N–H and O–H groups in total. The van der Waals surface area contributed by atoms with E-state index in [2.05, 4.69) is 5.32 Å². The van der Waals surface area contributed by atoms with E-state index < -0.39 is 11.9 Å². The highest BCUT2D eigenvalue weighted by molar-refractivity contribution is 5.91. The summed E-state index contributed by atoms with van der Waals surface area (Å²) < 4.78 is 9.90. The van der Waals surface area contributed by atoms with E-state index in [1.54, 1.807) is 13.1 Å². The molecule has 0 radical (unpaired) electrons. The van der Waals surface area contributed by atoms with Gasteiger partial charge < -0.3 is 19.4 Å². The summed E-state index contributed by atoms with van der Waals surface area (Å²) in [5.74, 6) is -1.08. The van der Waals surface area contributed by atoms with E-state index in [-0.39, 0.29) is 31.2 Å². The quantitative estimate of drug-likeness (QED) is 0.728. The molecule has 2 rings (SSSR count). The fraction of sp³-hybridized carbons (Fsp3) is 0.316. The summed E-state index contributed by atoms with van der Waals surface area (Å²) >= 11 is 0. The van der Waals surface area contributed by atoms with Gasteiger partial charge in [0.25, 0.3) is 11.8 Å². The van der Waals surface area contributed by atoms with Crippen molar-refractivity contribution in [2.45, 2.75) is 19.9 Å². The molecule has 0 aliphatic rings. The van der Waals surface area contributed by atoms with Crippen molar-refractivity contribution in [2.75, 3.05) is 20.2 Å². The van der Waals surface area contributed by atoms with Gasteiger partial charge in [0.1, 0.15) is 0 Å². The molecule has 0 saturated carbocycles. The van der Waals surface area contributed by atoms with Gasteiger partial charge in [-0.15, -0.1) is 0 Å². The molecule has 1 heterocycles. The second-order valence-corrected chi connectivity index (χ2v) is 5.82. The monoisotopic (exact) mass is 358 g/mol. The summed E-state index contributed by atoms with van der Waals surface area (Å²) in [6, 6.07) is 10.9. The van der Waals surface area contributed by atoms with Gasteiger partial charge in [-0.05, 0) is 30.2 Å². The van der Waals surface area contributed by atoms with Crippen LogP contribution in [0, 0.1) is 6.92 Å². The predicted octanol–water partition coefficient (Wildman–Crippen LogP) is 1.91. The van der Waals surface area contributed by atoms with Crippen molar-refractivity contribution in [1.82, 2.24) is 10.2 Å². The molecule has 0 bridgehead atoms. The van der Waals surface area contributed by atoms with Gasteiger partial charge in [0, 0.05) is 20.1 Å². The van der Waals surface area contributed by atoms with Crippen LogP contribution in [0.25, 0.3) is 0 Å². The van der Waals surface area contributed by atoms with Crippen LogP contribution in [0.15, 0.2) is 47.1 Å². The zero-order chi connectivity index (χ0) is 18.9. The summed E-state index contributed by atoms with van der Waals surface area (Å²) in [4.78, 5) is 36.9. The highest BCUT2D eigenvalue weighted by Gasteiger charge is 2.14. The number of benzene rings is 1. The van der Waals surface area contributed by atoms with Crippen molar-refractivity contribution < 1.29 is 23.5 Å². The van der Waals surface area contributed by atoms with Crippen molar-refractivity contribution in [2.24, 2.45) is 0 Å². The first-order chi connectivity index (χ1) is 12.5. The molecule has 1 aromatic carbocycles. The Morgan fingerprint density at radius 2 is 1.92 bits per heavy atom. The maximum Gasteiger partial charge on any atom is 0.308 e. The van der Waals surface area contributed by atoms with Crippen LogP contribution < -0.4 is 5.32 Å². The van der Waals surface area contributed by atoms with Crippen LogP contribution in [-0.4, -0.2) is 42.9 Å². The zero-order valence-electron chi connectivity index (χ0n) is 14.9. The van der Waals surface area contributed by atoms with Crippen LogP contribution in [0.3, 0.4) is 0 Å². The summed E-state index contributed by atoms with van der Waals surface area (Å²) in [5, 5.41) is 2.54. The summed E-state index contributed by atoms with van der Waals surface area (Å²) in [6.07, 6.45) is 1.36. The average molecular weight is 358 g/mol. The number of nitrogens with zero attached hydrogens (tertiary/aromatic N) is 1. The lowest BCUT2D eigenvalue weighted by molar-refractivity contribution is -0.151. The van der Waals surface area contributed by atoms with Crippen LogP contribution >= 0.6 is 0 Å². The number of rotatable bonds is 8. The van der Waals surface area contributed by atoms with Gasteiger partial charge in [0.15, 0.2) is 12.4 Å². The lowest BCUT2D eigenvalue weighted by Crippen LogP contribution is -2.32. The number of furan rings is 1. The number of esters is 1. The molecule has 7 heteroatoms. The number of hydrogen-bond acceptors (Lipinski definition) is 5. The molecular weight excluding hydrogens is 336 g/mol. The minimum absolute atomic E-state index is 0.0266. The molecule has 7 nitrogen and oxygen atoms in total. The largest absolute Gasteiger partial charge is 0.459 e. The van der Waals surface area contributed by atoms with Gasteiger partial charge >= 0.3 is 5.97 Å². The molecule has 26 heavy (non-hydrogen) atoms. The third-order valence-corrected chi connectivity index (χ3v) is 3.81. The standard InChI is InChI=1S/C19H22N2O5/c1-14-6-3-4-7-15(14)12-21(2)17(22)13-26-18(23)9-10-20-19(24)16-8-5-11-25-16/h3-8,11H,9-10,12-13H2,1-2H3,(H,20,24). The second kappa shape index (κ2) is 9.41. The molecule has 2 amide bonds. The van der Waals surface area contributed by atoms with E-state index in [1.807, 2.05) is 31.2 Å². The van der Waals surface area contributed by atoms with Crippen LogP contribution in [0.2, 0.25) is 0 Å². The van der Waals surface area contributed by atoms with Gasteiger partial charge in [0.05, 0.1) is 12.7 Å².